The first-order valence-electron chi connectivity index (χ1n) is 6.14. The zero-order valence-electron chi connectivity index (χ0n) is 10.8. The molecule has 0 heterocycles. The Morgan fingerprint density at radius 3 is 2.39 bits per heavy atom. The largest absolute Gasteiger partial charge is 0.324 e. The van der Waals surface area contributed by atoms with E-state index in [4.69, 9.17) is 5.73 Å². The quantitative estimate of drug-likeness (QED) is 0.874. The predicted octanol–water partition coefficient (Wildman–Crippen LogP) is 3.69. The summed E-state index contributed by atoms with van der Waals surface area (Å²) in [5.41, 5.74) is 9.81. The van der Waals surface area contributed by atoms with E-state index in [-0.39, 0.29) is 11.9 Å². The summed E-state index contributed by atoms with van der Waals surface area (Å²) in [7, 11) is 0. The minimum atomic E-state index is -0.165. The average molecular weight is 243 g/mol. The highest BCUT2D eigenvalue weighted by Gasteiger charge is 2.12. The standard InChI is InChI=1S/C16H18FN/c1-11-8-12(2)14(15(17)9-11)10-16(18)13-6-4-3-5-7-13/h3-9,16H,10,18H2,1-2H3. The van der Waals surface area contributed by atoms with E-state index in [1.165, 1.54) is 0 Å². The van der Waals surface area contributed by atoms with E-state index >= 15 is 0 Å². The van der Waals surface area contributed by atoms with Crippen LogP contribution in [0, 0.1) is 19.7 Å². The highest BCUT2D eigenvalue weighted by atomic mass is 19.1. The van der Waals surface area contributed by atoms with Crippen molar-refractivity contribution in [1.29, 1.82) is 0 Å². The molecule has 18 heavy (non-hydrogen) atoms. The molecule has 2 rings (SSSR count). The van der Waals surface area contributed by atoms with E-state index in [0.717, 1.165) is 22.3 Å². The molecule has 0 spiro atoms. The smallest absolute Gasteiger partial charge is 0.126 e. The maximum absolute atomic E-state index is 13.9. The zero-order valence-corrected chi connectivity index (χ0v) is 10.8. The van der Waals surface area contributed by atoms with E-state index in [2.05, 4.69) is 0 Å². The van der Waals surface area contributed by atoms with Crippen LogP contribution in [0.4, 0.5) is 4.39 Å². The summed E-state index contributed by atoms with van der Waals surface area (Å²) in [6, 6.07) is 13.2. The van der Waals surface area contributed by atoms with Gasteiger partial charge in [-0.1, -0.05) is 36.4 Å². The Hall–Kier alpha value is -1.67. The van der Waals surface area contributed by atoms with E-state index < -0.39 is 0 Å². The number of rotatable bonds is 3. The molecule has 0 fully saturated rings. The number of halogens is 1. The summed E-state index contributed by atoms with van der Waals surface area (Å²) in [5.74, 6) is -0.154. The molecule has 0 saturated carbocycles. The second kappa shape index (κ2) is 5.32. The second-order valence-corrected chi connectivity index (χ2v) is 4.76. The van der Waals surface area contributed by atoms with Gasteiger partial charge in [0.1, 0.15) is 5.82 Å². The first kappa shape index (κ1) is 12.8. The van der Waals surface area contributed by atoms with Gasteiger partial charge in [0.2, 0.25) is 0 Å². The fourth-order valence-corrected chi connectivity index (χ4v) is 2.24. The summed E-state index contributed by atoms with van der Waals surface area (Å²) in [4.78, 5) is 0. The maximum Gasteiger partial charge on any atom is 0.126 e. The van der Waals surface area contributed by atoms with E-state index in [1.807, 2.05) is 50.2 Å². The molecule has 1 nitrogen and oxygen atoms in total. The van der Waals surface area contributed by atoms with Gasteiger partial charge < -0.3 is 5.73 Å². The lowest BCUT2D eigenvalue weighted by Gasteiger charge is -2.15. The van der Waals surface area contributed by atoms with Gasteiger partial charge in [-0.25, -0.2) is 4.39 Å². The Morgan fingerprint density at radius 2 is 1.78 bits per heavy atom. The summed E-state index contributed by atoms with van der Waals surface area (Å²) in [6.45, 7) is 3.83. The van der Waals surface area contributed by atoms with Crippen LogP contribution in [0.5, 0.6) is 0 Å². The Balaban J connectivity index is 2.25. The van der Waals surface area contributed by atoms with Crippen molar-refractivity contribution in [2.24, 2.45) is 5.73 Å². The van der Waals surface area contributed by atoms with Crippen molar-refractivity contribution in [2.75, 3.05) is 0 Å². The van der Waals surface area contributed by atoms with Crippen molar-refractivity contribution in [1.82, 2.24) is 0 Å². The lowest BCUT2D eigenvalue weighted by Crippen LogP contribution is -2.15. The van der Waals surface area contributed by atoms with Gasteiger partial charge in [0.15, 0.2) is 0 Å². The molecular weight excluding hydrogens is 225 g/mol. The first-order valence-corrected chi connectivity index (χ1v) is 6.14. The number of nitrogens with two attached hydrogens (primary N) is 1. The summed E-state index contributed by atoms with van der Waals surface area (Å²) >= 11 is 0. The monoisotopic (exact) mass is 243 g/mol. The fourth-order valence-electron chi connectivity index (χ4n) is 2.24. The third kappa shape index (κ3) is 2.77. The lowest BCUT2D eigenvalue weighted by molar-refractivity contribution is 0.589. The molecule has 0 aliphatic carbocycles. The van der Waals surface area contributed by atoms with Crippen LogP contribution in [0.2, 0.25) is 0 Å². The summed E-state index contributed by atoms with van der Waals surface area (Å²) in [6.07, 6.45) is 0.530. The topological polar surface area (TPSA) is 26.0 Å². The molecule has 1 unspecified atom stereocenters. The molecule has 94 valence electrons. The molecule has 0 bridgehead atoms. The van der Waals surface area contributed by atoms with Crippen molar-refractivity contribution in [2.45, 2.75) is 26.3 Å². The Bertz CT molecular complexity index is 511. The molecule has 0 amide bonds. The average Bonchev–Trinajstić information content (AvgIpc) is 2.34. The summed E-state index contributed by atoms with van der Waals surface area (Å²) in [5, 5.41) is 0. The van der Waals surface area contributed by atoms with E-state index in [9.17, 15) is 4.39 Å². The van der Waals surface area contributed by atoms with Gasteiger partial charge in [0.05, 0.1) is 0 Å². The lowest BCUT2D eigenvalue weighted by atomic mass is 9.95. The van der Waals surface area contributed by atoms with Crippen molar-refractivity contribution in [3.8, 4) is 0 Å². The zero-order chi connectivity index (χ0) is 13.1. The van der Waals surface area contributed by atoms with Crippen LogP contribution in [0.25, 0.3) is 0 Å². The molecule has 0 aliphatic heterocycles. The highest BCUT2D eigenvalue weighted by molar-refractivity contribution is 5.33. The molecule has 0 aliphatic rings. The van der Waals surface area contributed by atoms with Crippen molar-refractivity contribution in [3.05, 3.63) is 70.5 Å². The van der Waals surface area contributed by atoms with Crippen LogP contribution in [0.3, 0.4) is 0 Å². The number of hydrogen-bond acceptors (Lipinski definition) is 1. The highest BCUT2D eigenvalue weighted by Crippen LogP contribution is 2.22. The summed E-state index contributed by atoms with van der Waals surface area (Å²) < 4.78 is 13.9. The second-order valence-electron chi connectivity index (χ2n) is 4.76. The number of benzene rings is 2. The van der Waals surface area contributed by atoms with Crippen LogP contribution < -0.4 is 5.73 Å². The van der Waals surface area contributed by atoms with Crippen molar-refractivity contribution in [3.63, 3.8) is 0 Å². The van der Waals surface area contributed by atoms with Gasteiger partial charge in [-0.05, 0) is 48.6 Å². The number of aryl methyl sites for hydroxylation is 2. The maximum atomic E-state index is 13.9. The van der Waals surface area contributed by atoms with Crippen LogP contribution in [0.15, 0.2) is 42.5 Å². The third-order valence-corrected chi connectivity index (χ3v) is 3.21. The normalized spacial score (nSPS) is 12.4. The Labute approximate surface area is 107 Å². The minimum absolute atomic E-state index is 0.154. The predicted molar refractivity (Wildman–Crippen MR) is 72.9 cm³/mol. The van der Waals surface area contributed by atoms with Gasteiger partial charge in [0, 0.05) is 6.04 Å². The molecule has 2 aromatic rings. The van der Waals surface area contributed by atoms with Crippen LogP contribution in [-0.2, 0) is 6.42 Å². The van der Waals surface area contributed by atoms with E-state index in [0.29, 0.717) is 6.42 Å². The van der Waals surface area contributed by atoms with Crippen molar-refractivity contribution >= 4 is 0 Å². The molecule has 1 atom stereocenters. The van der Waals surface area contributed by atoms with Crippen molar-refractivity contribution < 1.29 is 4.39 Å². The Morgan fingerprint density at radius 1 is 1.11 bits per heavy atom. The molecule has 0 saturated heterocycles. The molecule has 2 heteroatoms. The molecule has 2 aromatic carbocycles. The minimum Gasteiger partial charge on any atom is -0.324 e. The molecule has 0 radical (unpaired) electrons. The van der Waals surface area contributed by atoms with Crippen LogP contribution >= 0.6 is 0 Å². The SMILES string of the molecule is Cc1cc(C)c(CC(N)c2ccccc2)c(F)c1. The van der Waals surface area contributed by atoms with Crippen LogP contribution in [-0.4, -0.2) is 0 Å². The molecule has 2 N–H and O–H groups in total. The fraction of sp³-hybridized carbons (Fsp3) is 0.250. The molecule has 0 aromatic heterocycles. The van der Waals surface area contributed by atoms with Gasteiger partial charge in [-0.15, -0.1) is 0 Å². The van der Waals surface area contributed by atoms with Gasteiger partial charge in [-0.2, -0.15) is 0 Å². The Kier molecular flexibility index (Phi) is 3.78. The first-order chi connectivity index (χ1) is 8.58. The molecular formula is C16H18FN. The van der Waals surface area contributed by atoms with Gasteiger partial charge in [-0.3, -0.25) is 0 Å². The third-order valence-electron chi connectivity index (χ3n) is 3.21. The van der Waals surface area contributed by atoms with Gasteiger partial charge in [0.25, 0.3) is 0 Å². The van der Waals surface area contributed by atoms with Crippen LogP contribution in [0.1, 0.15) is 28.3 Å². The van der Waals surface area contributed by atoms with Gasteiger partial charge >= 0.3 is 0 Å². The number of hydrogen-bond donors (Lipinski definition) is 1. The van der Waals surface area contributed by atoms with E-state index in [1.54, 1.807) is 6.07 Å².